The first-order chi connectivity index (χ1) is 11.3. The number of benzene rings is 1. The standard InChI is InChI=1S/C17H26N2O4S/c1-13-7-9-19(10-8-13)17(20)12-18(3)24(21,22)15-5-6-16(23-4)14(2)11-15/h5-6,11,13H,7-10,12H2,1-4H3. The van der Waals surface area contributed by atoms with Gasteiger partial charge in [0.25, 0.3) is 0 Å². The van der Waals surface area contributed by atoms with Crippen LogP contribution in [-0.2, 0) is 14.8 Å². The van der Waals surface area contributed by atoms with Gasteiger partial charge < -0.3 is 9.64 Å². The smallest absolute Gasteiger partial charge is 0.243 e. The Hall–Kier alpha value is -1.60. The molecule has 7 heteroatoms. The van der Waals surface area contributed by atoms with Gasteiger partial charge in [-0.1, -0.05) is 6.92 Å². The number of carbonyl (C=O) groups excluding carboxylic acids is 1. The summed E-state index contributed by atoms with van der Waals surface area (Å²) < 4.78 is 31.6. The van der Waals surface area contributed by atoms with Gasteiger partial charge in [-0.2, -0.15) is 4.31 Å². The lowest BCUT2D eigenvalue weighted by atomic mass is 9.99. The molecule has 1 aromatic carbocycles. The van der Waals surface area contributed by atoms with Crippen molar-refractivity contribution in [3.8, 4) is 5.75 Å². The Morgan fingerprint density at radius 2 is 1.96 bits per heavy atom. The van der Waals surface area contributed by atoms with Crippen molar-refractivity contribution in [1.29, 1.82) is 0 Å². The first-order valence-corrected chi connectivity index (χ1v) is 9.58. The average Bonchev–Trinajstić information content (AvgIpc) is 2.55. The van der Waals surface area contributed by atoms with Gasteiger partial charge in [-0.15, -0.1) is 0 Å². The summed E-state index contributed by atoms with van der Waals surface area (Å²) >= 11 is 0. The Labute approximate surface area is 144 Å². The van der Waals surface area contributed by atoms with Crippen molar-refractivity contribution in [3.05, 3.63) is 23.8 Å². The van der Waals surface area contributed by atoms with Crippen LogP contribution in [0.4, 0.5) is 0 Å². The maximum Gasteiger partial charge on any atom is 0.243 e. The van der Waals surface area contributed by atoms with Gasteiger partial charge in [0.1, 0.15) is 5.75 Å². The zero-order chi connectivity index (χ0) is 17.9. The van der Waals surface area contributed by atoms with Crippen molar-refractivity contribution < 1.29 is 17.9 Å². The van der Waals surface area contributed by atoms with Crippen LogP contribution >= 0.6 is 0 Å². The molecule has 1 saturated heterocycles. The largest absolute Gasteiger partial charge is 0.496 e. The van der Waals surface area contributed by atoms with Crippen LogP contribution in [0.3, 0.4) is 0 Å². The second kappa shape index (κ2) is 7.53. The van der Waals surface area contributed by atoms with Gasteiger partial charge in [0.2, 0.25) is 15.9 Å². The Balaban J connectivity index is 2.08. The molecule has 134 valence electrons. The van der Waals surface area contributed by atoms with Gasteiger partial charge in [-0.25, -0.2) is 8.42 Å². The van der Waals surface area contributed by atoms with Gasteiger partial charge in [0.15, 0.2) is 0 Å². The second-order valence-electron chi connectivity index (χ2n) is 6.46. The van der Waals surface area contributed by atoms with E-state index in [0.717, 1.165) is 22.7 Å². The molecule has 0 aliphatic carbocycles. The van der Waals surface area contributed by atoms with E-state index in [2.05, 4.69) is 6.92 Å². The summed E-state index contributed by atoms with van der Waals surface area (Å²) in [7, 11) is -0.714. The molecule has 1 aliphatic heterocycles. The van der Waals surface area contributed by atoms with Crippen LogP contribution in [0.1, 0.15) is 25.3 Å². The van der Waals surface area contributed by atoms with Gasteiger partial charge in [0, 0.05) is 20.1 Å². The number of piperidine rings is 1. The zero-order valence-corrected chi connectivity index (χ0v) is 15.6. The van der Waals surface area contributed by atoms with Crippen molar-refractivity contribution in [2.24, 2.45) is 5.92 Å². The van der Waals surface area contributed by atoms with Crippen LogP contribution in [0.2, 0.25) is 0 Å². The average molecular weight is 354 g/mol. The van der Waals surface area contributed by atoms with Gasteiger partial charge in [-0.3, -0.25) is 4.79 Å². The summed E-state index contributed by atoms with van der Waals surface area (Å²) in [4.78, 5) is 14.3. The predicted molar refractivity (Wildman–Crippen MR) is 92.5 cm³/mol. The zero-order valence-electron chi connectivity index (χ0n) is 14.8. The third kappa shape index (κ3) is 4.08. The number of carbonyl (C=O) groups is 1. The van der Waals surface area contributed by atoms with E-state index in [1.807, 2.05) is 0 Å². The van der Waals surface area contributed by atoms with E-state index in [1.165, 1.54) is 13.1 Å². The molecule has 0 radical (unpaired) electrons. The van der Waals surface area contributed by atoms with Crippen molar-refractivity contribution in [2.45, 2.75) is 31.6 Å². The molecule has 0 aromatic heterocycles. The molecule has 2 rings (SSSR count). The summed E-state index contributed by atoms with van der Waals surface area (Å²) in [5, 5.41) is 0. The minimum absolute atomic E-state index is 0.137. The highest BCUT2D eigenvalue weighted by molar-refractivity contribution is 7.89. The molecule has 0 unspecified atom stereocenters. The van der Waals surface area contributed by atoms with Crippen LogP contribution in [0, 0.1) is 12.8 Å². The van der Waals surface area contributed by atoms with Crippen LogP contribution in [-0.4, -0.2) is 57.3 Å². The van der Waals surface area contributed by atoms with Gasteiger partial charge in [-0.05, 0) is 49.4 Å². The minimum atomic E-state index is -3.70. The van der Waals surface area contributed by atoms with E-state index < -0.39 is 10.0 Å². The molecule has 1 fully saturated rings. The molecule has 0 spiro atoms. The Morgan fingerprint density at radius 1 is 1.33 bits per heavy atom. The number of methoxy groups -OCH3 is 1. The number of rotatable bonds is 5. The summed E-state index contributed by atoms with van der Waals surface area (Å²) in [6, 6.07) is 4.70. The Kier molecular flexibility index (Phi) is 5.87. The van der Waals surface area contributed by atoms with Crippen molar-refractivity contribution in [3.63, 3.8) is 0 Å². The number of sulfonamides is 1. The quantitative estimate of drug-likeness (QED) is 0.810. The lowest BCUT2D eigenvalue weighted by Gasteiger charge is -2.31. The van der Waals surface area contributed by atoms with Crippen molar-refractivity contribution in [1.82, 2.24) is 9.21 Å². The molecule has 0 atom stereocenters. The number of hydrogen-bond acceptors (Lipinski definition) is 4. The monoisotopic (exact) mass is 354 g/mol. The Bertz CT molecular complexity index is 695. The van der Waals surface area contributed by atoms with E-state index >= 15 is 0 Å². The van der Waals surface area contributed by atoms with Gasteiger partial charge in [0.05, 0.1) is 18.6 Å². The fourth-order valence-electron chi connectivity index (χ4n) is 2.82. The molecule has 6 nitrogen and oxygen atoms in total. The number of likely N-dealkylation sites (tertiary alicyclic amines) is 1. The fraction of sp³-hybridized carbons (Fsp3) is 0.588. The lowest BCUT2D eigenvalue weighted by Crippen LogP contribution is -2.44. The van der Waals surface area contributed by atoms with Crippen LogP contribution in [0.15, 0.2) is 23.1 Å². The van der Waals surface area contributed by atoms with E-state index in [1.54, 1.807) is 31.1 Å². The normalized spacial score (nSPS) is 16.5. The molecule has 1 aliphatic rings. The topological polar surface area (TPSA) is 66.9 Å². The SMILES string of the molecule is COc1ccc(S(=O)(=O)N(C)CC(=O)N2CCC(C)CC2)cc1C. The number of ether oxygens (including phenoxy) is 1. The number of aryl methyl sites for hydroxylation is 1. The van der Waals surface area contributed by atoms with E-state index in [-0.39, 0.29) is 17.3 Å². The fourth-order valence-corrected chi connectivity index (χ4v) is 4.03. The number of amides is 1. The predicted octanol–water partition coefficient (Wildman–Crippen LogP) is 1.88. The molecular weight excluding hydrogens is 328 g/mol. The molecule has 1 aromatic rings. The third-order valence-corrected chi connectivity index (χ3v) is 6.37. The summed E-state index contributed by atoms with van der Waals surface area (Å²) in [6.07, 6.45) is 1.94. The molecule has 0 N–H and O–H groups in total. The highest BCUT2D eigenvalue weighted by Crippen LogP contribution is 2.23. The van der Waals surface area contributed by atoms with E-state index in [4.69, 9.17) is 4.74 Å². The van der Waals surface area contributed by atoms with Crippen LogP contribution in [0.5, 0.6) is 5.75 Å². The highest BCUT2D eigenvalue weighted by Gasteiger charge is 2.27. The first kappa shape index (κ1) is 18.7. The summed E-state index contributed by atoms with van der Waals surface area (Å²) in [5.74, 6) is 1.12. The van der Waals surface area contributed by atoms with Crippen molar-refractivity contribution >= 4 is 15.9 Å². The Morgan fingerprint density at radius 3 is 2.50 bits per heavy atom. The maximum absolute atomic E-state index is 12.7. The maximum atomic E-state index is 12.7. The molecule has 24 heavy (non-hydrogen) atoms. The number of nitrogens with zero attached hydrogens (tertiary/aromatic N) is 2. The second-order valence-corrected chi connectivity index (χ2v) is 8.50. The summed E-state index contributed by atoms with van der Waals surface area (Å²) in [5.41, 5.74) is 0.739. The van der Waals surface area contributed by atoms with Crippen molar-refractivity contribution in [2.75, 3.05) is 33.8 Å². The number of likely N-dealkylation sites (N-methyl/N-ethyl adjacent to an activating group) is 1. The van der Waals surface area contributed by atoms with Gasteiger partial charge >= 0.3 is 0 Å². The molecule has 0 bridgehead atoms. The highest BCUT2D eigenvalue weighted by atomic mass is 32.2. The molecule has 1 heterocycles. The molecule has 1 amide bonds. The summed E-state index contributed by atoms with van der Waals surface area (Å²) in [6.45, 7) is 5.23. The molecular formula is C17H26N2O4S. The first-order valence-electron chi connectivity index (χ1n) is 8.14. The van der Waals surface area contributed by atoms with E-state index in [0.29, 0.717) is 24.8 Å². The lowest BCUT2D eigenvalue weighted by molar-refractivity contribution is -0.132. The molecule has 0 saturated carbocycles. The van der Waals surface area contributed by atoms with Crippen LogP contribution < -0.4 is 4.74 Å². The van der Waals surface area contributed by atoms with Crippen LogP contribution in [0.25, 0.3) is 0 Å². The van der Waals surface area contributed by atoms with E-state index in [9.17, 15) is 13.2 Å². The third-order valence-electron chi connectivity index (χ3n) is 4.57. The number of hydrogen-bond donors (Lipinski definition) is 0. The minimum Gasteiger partial charge on any atom is -0.496 e.